The molecule has 48 heavy (non-hydrogen) atoms. The van der Waals surface area contributed by atoms with Crippen LogP contribution in [0.2, 0.25) is 0 Å². The fraction of sp³-hybridized carbons (Fsp3) is 0.457. The number of likely N-dealkylation sites (N-methyl/N-ethyl adjacent to an activating group) is 1. The first-order valence-electron chi connectivity index (χ1n) is 15.5. The maximum atomic E-state index is 14.1. The molecule has 0 bridgehead atoms. The lowest BCUT2D eigenvalue weighted by atomic mass is 9.78. The molecule has 3 aromatic rings. The van der Waals surface area contributed by atoms with Gasteiger partial charge in [-0.1, -0.05) is 6.07 Å². The molecule has 13 heteroatoms. The molecule has 0 spiro atoms. The van der Waals surface area contributed by atoms with Gasteiger partial charge in [0.15, 0.2) is 5.69 Å². The second kappa shape index (κ2) is 13.8. The summed E-state index contributed by atoms with van der Waals surface area (Å²) in [5.74, 6) is -1.81. The van der Waals surface area contributed by atoms with E-state index in [2.05, 4.69) is 0 Å². The SMILES string of the molecule is CCOC(=O)CC1CCC(c2cc(-c3ccc(F)cc3C)c(N(C)C(=O)C(C)(C)c3cc(C(F)(F)F)cc(C(F)(F)F)c3)c[n+]2[O-])CC1. The number of carbonyl (C=O) groups is 2. The summed E-state index contributed by atoms with van der Waals surface area (Å²) in [5.41, 5.74) is -3.86. The third-order valence-electron chi connectivity index (χ3n) is 9.08. The lowest BCUT2D eigenvalue weighted by molar-refractivity contribution is -0.615. The standard InChI is InChI=1S/C35H37F7N2O4/c1-6-48-31(45)14-21-7-9-22(10-8-21)29-18-28(27-12-11-26(36)13-20(27)2)30(19-44(29)47)43(5)32(46)33(3,4)23-15-24(34(37,38)39)17-25(16-23)35(40,41)42/h11-13,15-19,21-22H,6-10,14H2,1-5H3. The van der Waals surface area contributed by atoms with E-state index >= 15 is 0 Å². The first-order valence-corrected chi connectivity index (χ1v) is 15.5. The molecule has 0 unspecified atom stereocenters. The summed E-state index contributed by atoms with van der Waals surface area (Å²) in [4.78, 5) is 27.0. The molecule has 0 N–H and O–H groups in total. The van der Waals surface area contributed by atoms with Crippen molar-refractivity contribution in [2.45, 2.75) is 83.5 Å². The molecule has 6 nitrogen and oxygen atoms in total. The van der Waals surface area contributed by atoms with Gasteiger partial charge in [-0.05, 0) is 106 Å². The van der Waals surface area contributed by atoms with Gasteiger partial charge in [0, 0.05) is 31.0 Å². The van der Waals surface area contributed by atoms with E-state index in [1.165, 1.54) is 39.1 Å². The van der Waals surface area contributed by atoms with E-state index in [4.69, 9.17) is 4.74 Å². The van der Waals surface area contributed by atoms with Crippen LogP contribution in [-0.2, 0) is 32.1 Å². The maximum Gasteiger partial charge on any atom is 0.416 e. The second-order valence-corrected chi connectivity index (χ2v) is 12.8. The predicted octanol–water partition coefficient (Wildman–Crippen LogP) is 8.64. The Morgan fingerprint density at radius 1 is 0.896 bits per heavy atom. The number of esters is 1. The molecule has 0 saturated heterocycles. The Hall–Kier alpha value is -4.16. The largest absolute Gasteiger partial charge is 0.618 e. The first kappa shape index (κ1) is 36.7. The molecule has 0 radical (unpaired) electrons. The average Bonchev–Trinajstić information content (AvgIpc) is 3.00. The average molecular weight is 683 g/mol. The van der Waals surface area contributed by atoms with Gasteiger partial charge < -0.3 is 14.8 Å². The molecule has 1 amide bonds. The number of aromatic nitrogens is 1. The number of amides is 1. The molecule has 260 valence electrons. The van der Waals surface area contributed by atoms with Gasteiger partial charge >= 0.3 is 18.3 Å². The van der Waals surface area contributed by atoms with Crippen LogP contribution in [0.1, 0.15) is 86.7 Å². The number of hydrogen-bond donors (Lipinski definition) is 0. The first-order chi connectivity index (χ1) is 22.2. The number of halogens is 7. The number of carbonyl (C=O) groups excluding carboxylic acids is 2. The Labute approximate surface area is 274 Å². The van der Waals surface area contributed by atoms with Crippen LogP contribution in [0.5, 0.6) is 0 Å². The molecular formula is C35H37F7N2O4. The summed E-state index contributed by atoms with van der Waals surface area (Å²) in [6.07, 6.45) is -6.29. The number of anilines is 1. The highest BCUT2D eigenvalue weighted by Crippen LogP contribution is 2.42. The van der Waals surface area contributed by atoms with Gasteiger partial charge in [0.2, 0.25) is 12.1 Å². The summed E-state index contributed by atoms with van der Waals surface area (Å²) >= 11 is 0. The lowest BCUT2D eigenvalue weighted by Crippen LogP contribution is -2.44. The minimum Gasteiger partial charge on any atom is -0.618 e. The zero-order chi connectivity index (χ0) is 35.8. The quantitative estimate of drug-likeness (QED) is 0.103. The van der Waals surface area contributed by atoms with Crippen LogP contribution >= 0.6 is 0 Å². The number of pyridine rings is 1. The minimum absolute atomic E-state index is 0.00737. The van der Waals surface area contributed by atoms with E-state index in [1.807, 2.05) is 0 Å². The maximum absolute atomic E-state index is 14.1. The van der Waals surface area contributed by atoms with Gasteiger partial charge in [0.25, 0.3) is 0 Å². The number of benzene rings is 2. The highest BCUT2D eigenvalue weighted by Gasteiger charge is 2.42. The van der Waals surface area contributed by atoms with Crippen LogP contribution in [0.3, 0.4) is 0 Å². The van der Waals surface area contributed by atoms with Gasteiger partial charge in [0.1, 0.15) is 11.5 Å². The van der Waals surface area contributed by atoms with Crippen LogP contribution in [0.25, 0.3) is 11.1 Å². The third kappa shape index (κ3) is 7.92. The lowest BCUT2D eigenvalue weighted by Gasteiger charge is -2.32. The van der Waals surface area contributed by atoms with E-state index in [0.717, 1.165) is 11.1 Å². The Bertz CT molecular complexity index is 1640. The number of alkyl halides is 6. The molecule has 0 aliphatic heterocycles. The topological polar surface area (TPSA) is 73.5 Å². The fourth-order valence-electron chi connectivity index (χ4n) is 6.34. The minimum atomic E-state index is -5.11. The van der Waals surface area contributed by atoms with Gasteiger partial charge in [-0.15, -0.1) is 0 Å². The van der Waals surface area contributed by atoms with E-state index in [0.29, 0.717) is 64.9 Å². The van der Waals surface area contributed by atoms with Crippen molar-refractivity contribution in [1.82, 2.24) is 0 Å². The zero-order valence-electron chi connectivity index (χ0n) is 27.2. The molecular weight excluding hydrogens is 645 g/mol. The molecule has 4 rings (SSSR count). The Morgan fingerprint density at radius 3 is 1.98 bits per heavy atom. The molecule has 1 aliphatic rings. The van der Waals surface area contributed by atoms with Crippen molar-refractivity contribution in [1.29, 1.82) is 0 Å². The molecule has 1 aliphatic carbocycles. The Balaban J connectivity index is 1.77. The van der Waals surface area contributed by atoms with Gasteiger partial charge in [-0.2, -0.15) is 31.1 Å². The van der Waals surface area contributed by atoms with Crippen molar-refractivity contribution < 1.29 is 49.8 Å². The Morgan fingerprint density at radius 2 is 1.46 bits per heavy atom. The van der Waals surface area contributed by atoms with Gasteiger partial charge in [-0.3, -0.25) is 9.59 Å². The molecule has 1 heterocycles. The fourth-order valence-corrected chi connectivity index (χ4v) is 6.34. The third-order valence-corrected chi connectivity index (χ3v) is 9.08. The van der Waals surface area contributed by atoms with Crippen molar-refractivity contribution >= 4 is 17.6 Å². The molecule has 1 aromatic heterocycles. The number of rotatable bonds is 8. The van der Waals surface area contributed by atoms with Crippen molar-refractivity contribution in [3.63, 3.8) is 0 Å². The zero-order valence-corrected chi connectivity index (χ0v) is 27.2. The van der Waals surface area contributed by atoms with E-state index in [-0.39, 0.29) is 42.6 Å². The van der Waals surface area contributed by atoms with Gasteiger partial charge in [-0.25, -0.2) is 4.39 Å². The van der Waals surface area contributed by atoms with Crippen LogP contribution in [0.4, 0.5) is 36.4 Å². The predicted molar refractivity (Wildman–Crippen MR) is 164 cm³/mol. The molecule has 1 fully saturated rings. The molecule has 0 atom stereocenters. The van der Waals surface area contributed by atoms with Crippen LogP contribution in [0.15, 0.2) is 48.7 Å². The van der Waals surface area contributed by atoms with E-state index in [1.54, 1.807) is 19.9 Å². The number of nitrogens with zero attached hydrogens (tertiary/aromatic N) is 2. The number of hydrogen-bond acceptors (Lipinski definition) is 4. The van der Waals surface area contributed by atoms with Crippen LogP contribution in [0, 0.1) is 23.9 Å². The highest BCUT2D eigenvalue weighted by atomic mass is 19.4. The number of ether oxygens (including phenoxy) is 1. The normalized spacial score (nSPS) is 17.2. The van der Waals surface area contributed by atoms with Crippen LogP contribution in [-0.4, -0.2) is 25.5 Å². The second-order valence-electron chi connectivity index (χ2n) is 12.8. The van der Waals surface area contributed by atoms with Crippen molar-refractivity contribution in [3.8, 4) is 11.1 Å². The summed E-state index contributed by atoms with van der Waals surface area (Å²) < 4.78 is 102. The van der Waals surface area contributed by atoms with Gasteiger partial charge in [0.05, 0.1) is 23.1 Å². The summed E-state index contributed by atoms with van der Waals surface area (Å²) in [5, 5.41) is 13.6. The van der Waals surface area contributed by atoms with Crippen molar-refractivity contribution in [2.24, 2.45) is 5.92 Å². The molecule has 2 aromatic carbocycles. The summed E-state index contributed by atoms with van der Waals surface area (Å²) in [6, 6.07) is 6.57. The smallest absolute Gasteiger partial charge is 0.416 e. The summed E-state index contributed by atoms with van der Waals surface area (Å²) in [7, 11) is 1.28. The van der Waals surface area contributed by atoms with E-state index < -0.39 is 46.2 Å². The van der Waals surface area contributed by atoms with E-state index in [9.17, 15) is 45.5 Å². The Kier molecular flexibility index (Phi) is 10.5. The monoisotopic (exact) mass is 682 g/mol. The van der Waals surface area contributed by atoms with Crippen molar-refractivity contribution in [2.75, 3.05) is 18.6 Å². The number of aryl methyl sites for hydroxylation is 1. The summed E-state index contributed by atoms with van der Waals surface area (Å²) in [6.45, 7) is 6.06. The van der Waals surface area contributed by atoms with Crippen LogP contribution < -0.4 is 9.63 Å². The molecule has 1 saturated carbocycles. The van der Waals surface area contributed by atoms with Crippen molar-refractivity contribution in [3.05, 3.63) is 87.6 Å². The highest BCUT2D eigenvalue weighted by molar-refractivity contribution is 6.03.